The van der Waals surface area contributed by atoms with E-state index in [9.17, 15) is 14.4 Å². The second-order valence-electron chi connectivity index (χ2n) is 6.02. The highest BCUT2D eigenvalue weighted by molar-refractivity contribution is 6.30. The van der Waals surface area contributed by atoms with Gasteiger partial charge in [0.1, 0.15) is 0 Å². The third kappa shape index (κ3) is 8.68. The molecule has 1 atom stereocenters. The van der Waals surface area contributed by atoms with Crippen LogP contribution >= 0.6 is 11.6 Å². The number of esters is 1. The van der Waals surface area contributed by atoms with Gasteiger partial charge in [0, 0.05) is 37.6 Å². The SMILES string of the molecule is CCOC(C)(OCC)C(=O)OCOC(=O)NC[C@H](CC(=O)O)c1ccc(Cl)cc1. The molecule has 0 aliphatic carbocycles. The molecule has 0 aliphatic rings. The second-order valence-corrected chi connectivity index (χ2v) is 6.46. The maximum absolute atomic E-state index is 12.1. The van der Waals surface area contributed by atoms with Crippen molar-refractivity contribution in [2.24, 2.45) is 0 Å². The van der Waals surface area contributed by atoms with Crippen LogP contribution in [-0.4, -0.2) is 55.5 Å². The molecule has 9 nitrogen and oxygen atoms in total. The van der Waals surface area contributed by atoms with Crippen molar-refractivity contribution in [3.63, 3.8) is 0 Å². The summed E-state index contributed by atoms with van der Waals surface area (Å²) in [5, 5.41) is 12.0. The van der Waals surface area contributed by atoms with Crippen molar-refractivity contribution in [3.05, 3.63) is 34.9 Å². The lowest BCUT2D eigenvalue weighted by molar-refractivity contribution is -0.242. The van der Waals surface area contributed by atoms with Gasteiger partial charge >= 0.3 is 18.0 Å². The maximum atomic E-state index is 12.1. The number of alkyl carbamates (subject to hydrolysis) is 1. The fourth-order valence-corrected chi connectivity index (χ4v) is 2.62. The lowest BCUT2D eigenvalue weighted by atomic mass is 9.96. The molecule has 0 aliphatic heterocycles. The molecular weight excluding hydrogens is 406 g/mol. The van der Waals surface area contributed by atoms with E-state index in [4.69, 9.17) is 35.7 Å². The number of carbonyl (C=O) groups excluding carboxylic acids is 2. The predicted octanol–water partition coefficient (Wildman–Crippen LogP) is 2.91. The van der Waals surface area contributed by atoms with Gasteiger partial charge in [0.15, 0.2) is 0 Å². The van der Waals surface area contributed by atoms with Crippen molar-refractivity contribution < 1.29 is 38.4 Å². The highest BCUT2D eigenvalue weighted by Crippen LogP contribution is 2.21. The van der Waals surface area contributed by atoms with Crippen LogP contribution in [0.15, 0.2) is 24.3 Å². The average Bonchev–Trinajstić information content (AvgIpc) is 2.66. The summed E-state index contributed by atoms with van der Waals surface area (Å²) in [6.45, 7) is 4.61. The summed E-state index contributed by atoms with van der Waals surface area (Å²) in [5.74, 6) is -3.93. The molecular formula is C19H26ClNO8. The first-order valence-corrected chi connectivity index (χ1v) is 9.42. The van der Waals surface area contributed by atoms with E-state index in [0.29, 0.717) is 10.6 Å². The number of halogens is 1. The molecule has 2 N–H and O–H groups in total. The molecule has 0 aromatic heterocycles. The minimum Gasteiger partial charge on any atom is -0.481 e. The molecule has 0 unspecified atom stereocenters. The van der Waals surface area contributed by atoms with Gasteiger partial charge in [-0.05, 0) is 31.5 Å². The molecule has 1 aromatic carbocycles. The van der Waals surface area contributed by atoms with E-state index >= 15 is 0 Å². The molecule has 1 aromatic rings. The largest absolute Gasteiger partial charge is 0.481 e. The third-order valence-corrected chi connectivity index (χ3v) is 4.10. The Balaban J connectivity index is 2.52. The number of ether oxygens (including phenoxy) is 4. The first-order valence-electron chi connectivity index (χ1n) is 9.04. The Bertz CT molecular complexity index is 673. The van der Waals surface area contributed by atoms with Gasteiger partial charge in [0.2, 0.25) is 6.79 Å². The van der Waals surface area contributed by atoms with Crippen LogP contribution in [0, 0.1) is 0 Å². The van der Waals surface area contributed by atoms with Crippen LogP contribution in [0.25, 0.3) is 0 Å². The zero-order chi connectivity index (χ0) is 21.9. The number of benzene rings is 1. The van der Waals surface area contributed by atoms with Crippen LogP contribution in [0.3, 0.4) is 0 Å². The Labute approximate surface area is 174 Å². The molecule has 10 heteroatoms. The average molecular weight is 432 g/mol. The van der Waals surface area contributed by atoms with Gasteiger partial charge < -0.3 is 29.4 Å². The monoisotopic (exact) mass is 431 g/mol. The Morgan fingerprint density at radius 1 is 1.10 bits per heavy atom. The zero-order valence-electron chi connectivity index (χ0n) is 16.6. The van der Waals surface area contributed by atoms with Crippen LogP contribution in [-0.2, 0) is 28.5 Å². The summed E-state index contributed by atoms with van der Waals surface area (Å²) in [7, 11) is 0. The predicted molar refractivity (Wildman–Crippen MR) is 104 cm³/mol. The number of carboxylic acid groups (broad SMARTS) is 1. The summed E-state index contributed by atoms with van der Waals surface area (Å²) in [5.41, 5.74) is 0.702. The first kappa shape index (κ1) is 24.7. The fourth-order valence-electron chi connectivity index (χ4n) is 2.49. The van der Waals surface area contributed by atoms with E-state index in [0.717, 1.165) is 0 Å². The molecule has 0 radical (unpaired) electrons. The van der Waals surface area contributed by atoms with E-state index in [1.54, 1.807) is 38.1 Å². The molecule has 162 valence electrons. The van der Waals surface area contributed by atoms with Gasteiger partial charge in [0.05, 0.1) is 6.42 Å². The summed E-state index contributed by atoms with van der Waals surface area (Å²) in [6.07, 6.45) is -1.06. The summed E-state index contributed by atoms with van der Waals surface area (Å²) >= 11 is 5.84. The molecule has 0 bridgehead atoms. The fraction of sp³-hybridized carbons (Fsp3) is 0.526. The quantitative estimate of drug-likeness (QED) is 0.383. The van der Waals surface area contributed by atoms with E-state index in [1.807, 2.05) is 0 Å². The minimum atomic E-state index is -1.59. The van der Waals surface area contributed by atoms with Crippen molar-refractivity contribution in [1.82, 2.24) is 5.32 Å². The molecule has 29 heavy (non-hydrogen) atoms. The molecule has 0 saturated heterocycles. The molecule has 1 rings (SSSR count). The van der Waals surface area contributed by atoms with Gasteiger partial charge in [-0.3, -0.25) is 4.79 Å². The Morgan fingerprint density at radius 2 is 1.69 bits per heavy atom. The third-order valence-electron chi connectivity index (χ3n) is 3.85. The lowest BCUT2D eigenvalue weighted by Crippen LogP contribution is -2.43. The van der Waals surface area contributed by atoms with E-state index < -0.39 is 36.5 Å². The number of hydrogen-bond acceptors (Lipinski definition) is 7. The Hall–Kier alpha value is -2.36. The van der Waals surface area contributed by atoms with E-state index in [-0.39, 0.29) is 26.2 Å². The van der Waals surface area contributed by atoms with E-state index in [1.165, 1.54) is 6.92 Å². The number of carbonyl (C=O) groups is 3. The number of nitrogens with one attached hydrogen (secondary N) is 1. The van der Waals surface area contributed by atoms with Crippen molar-refractivity contribution in [2.75, 3.05) is 26.6 Å². The number of rotatable bonds is 12. The Morgan fingerprint density at radius 3 is 2.21 bits per heavy atom. The minimum absolute atomic E-state index is 0.0102. The van der Waals surface area contributed by atoms with Crippen LogP contribution in [0.5, 0.6) is 0 Å². The van der Waals surface area contributed by atoms with Crippen LogP contribution < -0.4 is 5.32 Å². The lowest BCUT2D eigenvalue weighted by Gasteiger charge is -2.26. The van der Waals surface area contributed by atoms with Crippen LogP contribution in [0.1, 0.15) is 38.7 Å². The van der Waals surface area contributed by atoms with Gasteiger partial charge in [0.25, 0.3) is 5.79 Å². The second kappa shape index (κ2) is 12.3. The zero-order valence-corrected chi connectivity index (χ0v) is 17.4. The highest BCUT2D eigenvalue weighted by atomic mass is 35.5. The smallest absolute Gasteiger partial charge is 0.410 e. The number of carboxylic acids is 1. The molecule has 0 heterocycles. The van der Waals surface area contributed by atoms with Crippen molar-refractivity contribution in [3.8, 4) is 0 Å². The van der Waals surface area contributed by atoms with Gasteiger partial charge in [-0.2, -0.15) is 0 Å². The standard InChI is InChI=1S/C19H26ClNO8/c1-4-28-19(3,29-5-2)17(24)26-12-27-18(25)21-11-14(10-16(22)23)13-6-8-15(20)9-7-13/h6-9,14H,4-5,10-12H2,1-3H3,(H,21,25)(H,22,23)/t14-/m0/s1. The molecule has 0 spiro atoms. The summed E-state index contributed by atoms with van der Waals surface area (Å²) in [4.78, 5) is 35.0. The molecule has 0 fully saturated rings. The van der Waals surface area contributed by atoms with Gasteiger partial charge in [-0.15, -0.1) is 0 Å². The van der Waals surface area contributed by atoms with Crippen molar-refractivity contribution >= 4 is 29.6 Å². The normalized spacial score (nSPS) is 12.1. The number of amides is 1. The molecule has 1 amide bonds. The van der Waals surface area contributed by atoms with E-state index in [2.05, 4.69) is 5.32 Å². The first-order chi connectivity index (χ1) is 13.7. The summed E-state index contributed by atoms with van der Waals surface area (Å²) in [6, 6.07) is 6.65. The van der Waals surface area contributed by atoms with Crippen molar-refractivity contribution in [1.29, 1.82) is 0 Å². The summed E-state index contributed by atoms with van der Waals surface area (Å²) < 4.78 is 20.2. The number of hydrogen-bond donors (Lipinski definition) is 2. The Kier molecular flexibility index (Phi) is 10.4. The maximum Gasteiger partial charge on any atom is 0.410 e. The van der Waals surface area contributed by atoms with Crippen LogP contribution in [0.4, 0.5) is 4.79 Å². The van der Waals surface area contributed by atoms with Gasteiger partial charge in [-0.1, -0.05) is 23.7 Å². The van der Waals surface area contributed by atoms with Gasteiger partial charge in [-0.25, -0.2) is 9.59 Å². The highest BCUT2D eigenvalue weighted by Gasteiger charge is 2.37. The van der Waals surface area contributed by atoms with Crippen molar-refractivity contribution in [2.45, 2.75) is 38.9 Å². The van der Waals surface area contributed by atoms with Crippen LogP contribution in [0.2, 0.25) is 5.02 Å². The topological polar surface area (TPSA) is 120 Å². The number of aliphatic carboxylic acids is 1. The molecule has 0 saturated carbocycles.